The predicted octanol–water partition coefficient (Wildman–Crippen LogP) is 4.42. The Hall–Kier alpha value is -2.04. The minimum atomic E-state index is -0.0199. The summed E-state index contributed by atoms with van der Waals surface area (Å²) in [5.74, 6) is 0. The van der Waals surface area contributed by atoms with E-state index in [0.29, 0.717) is 19.1 Å². The summed E-state index contributed by atoms with van der Waals surface area (Å²) in [5.41, 5.74) is 8.62. The molecule has 2 amide bonds. The molecule has 1 heterocycles. The molecule has 0 spiro atoms. The summed E-state index contributed by atoms with van der Waals surface area (Å²) in [7, 11) is 0. The number of urea groups is 1. The smallest absolute Gasteiger partial charge is 0.320 e. The molecule has 0 bridgehead atoms. The first-order valence-electron chi connectivity index (χ1n) is 10.2. The van der Waals surface area contributed by atoms with E-state index in [1.165, 1.54) is 11.1 Å². The van der Waals surface area contributed by atoms with Crippen LogP contribution in [0, 0.1) is 0 Å². The van der Waals surface area contributed by atoms with Crippen LogP contribution in [0.5, 0.6) is 0 Å². The van der Waals surface area contributed by atoms with Crippen LogP contribution in [0.3, 0.4) is 0 Å². The lowest BCUT2D eigenvalue weighted by Gasteiger charge is -2.42. The molecule has 5 heteroatoms. The number of hydrogen-bond acceptors (Lipinski definition) is 2. The Labute approximate surface area is 172 Å². The van der Waals surface area contributed by atoms with Crippen LogP contribution in [0.25, 0.3) is 0 Å². The van der Waals surface area contributed by atoms with E-state index in [1.807, 2.05) is 35.2 Å². The second-order valence-electron chi connectivity index (χ2n) is 8.11. The van der Waals surface area contributed by atoms with Crippen molar-refractivity contribution in [2.75, 3.05) is 19.6 Å². The minimum absolute atomic E-state index is 0.0199. The van der Waals surface area contributed by atoms with Gasteiger partial charge in [-0.05, 0) is 48.9 Å². The van der Waals surface area contributed by atoms with Crippen molar-refractivity contribution in [2.45, 2.75) is 43.7 Å². The van der Waals surface area contributed by atoms with Crippen LogP contribution in [0.1, 0.15) is 36.8 Å². The highest BCUT2D eigenvalue weighted by Gasteiger charge is 2.41. The summed E-state index contributed by atoms with van der Waals surface area (Å²) in [6.45, 7) is 2.94. The van der Waals surface area contributed by atoms with Crippen LogP contribution >= 0.6 is 11.6 Å². The average molecular weight is 398 g/mol. The van der Waals surface area contributed by atoms with E-state index in [2.05, 4.69) is 29.2 Å². The maximum atomic E-state index is 13.0. The Bertz CT molecular complexity index is 818. The van der Waals surface area contributed by atoms with Crippen molar-refractivity contribution in [2.24, 2.45) is 5.73 Å². The monoisotopic (exact) mass is 397 g/mol. The summed E-state index contributed by atoms with van der Waals surface area (Å²) < 4.78 is 0. The summed E-state index contributed by atoms with van der Waals surface area (Å²) in [5, 5.41) is 0.763. The molecule has 2 aliphatic rings. The molecule has 0 atom stereocenters. The molecule has 1 saturated heterocycles. The van der Waals surface area contributed by atoms with Gasteiger partial charge >= 0.3 is 6.03 Å². The van der Waals surface area contributed by atoms with Crippen LogP contribution in [0.4, 0.5) is 4.79 Å². The highest BCUT2D eigenvalue weighted by molar-refractivity contribution is 6.30. The van der Waals surface area contributed by atoms with Crippen molar-refractivity contribution in [3.8, 4) is 0 Å². The van der Waals surface area contributed by atoms with Gasteiger partial charge in [-0.25, -0.2) is 4.79 Å². The van der Waals surface area contributed by atoms with E-state index >= 15 is 0 Å². The Morgan fingerprint density at radius 1 is 1.04 bits per heavy atom. The third kappa shape index (κ3) is 3.76. The molecular formula is C23H28ClN3O. The largest absolute Gasteiger partial charge is 0.330 e. The molecule has 2 aromatic carbocycles. The van der Waals surface area contributed by atoms with E-state index in [4.69, 9.17) is 17.3 Å². The lowest BCUT2D eigenvalue weighted by atomic mass is 9.68. The van der Waals surface area contributed by atoms with Gasteiger partial charge in [-0.3, -0.25) is 0 Å². The zero-order chi connectivity index (χ0) is 19.6. The third-order valence-electron chi connectivity index (χ3n) is 6.52. The number of hydrogen-bond donors (Lipinski definition) is 1. The maximum absolute atomic E-state index is 13.0. The van der Waals surface area contributed by atoms with Crippen LogP contribution in [-0.4, -0.2) is 41.5 Å². The minimum Gasteiger partial charge on any atom is -0.330 e. The van der Waals surface area contributed by atoms with E-state index in [9.17, 15) is 4.79 Å². The summed E-state index contributed by atoms with van der Waals surface area (Å²) in [4.78, 5) is 17.0. The molecule has 1 aliphatic heterocycles. The molecule has 2 fully saturated rings. The Balaban J connectivity index is 1.40. The lowest BCUT2D eigenvalue weighted by molar-refractivity contribution is 0.144. The molecule has 0 aromatic heterocycles. The van der Waals surface area contributed by atoms with E-state index < -0.39 is 0 Å². The van der Waals surface area contributed by atoms with Gasteiger partial charge in [-0.15, -0.1) is 0 Å². The van der Waals surface area contributed by atoms with Crippen molar-refractivity contribution >= 4 is 17.6 Å². The number of halogens is 1. The summed E-state index contributed by atoms with van der Waals surface area (Å²) in [6, 6.07) is 18.8. The maximum Gasteiger partial charge on any atom is 0.320 e. The van der Waals surface area contributed by atoms with Gasteiger partial charge in [0.1, 0.15) is 0 Å². The fraction of sp³-hybridized carbons (Fsp3) is 0.435. The molecule has 148 valence electrons. The molecular weight excluding hydrogens is 370 g/mol. The number of nitrogens with zero attached hydrogens (tertiary/aromatic N) is 2. The molecule has 1 aliphatic carbocycles. The molecule has 4 rings (SSSR count). The first-order chi connectivity index (χ1) is 13.6. The van der Waals surface area contributed by atoms with Crippen molar-refractivity contribution in [3.63, 3.8) is 0 Å². The Kier molecular flexibility index (Phi) is 5.61. The van der Waals surface area contributed by atoms with Gasteiger partial charge in [-0.1, -0.05) is 54.1 Å². The highest BCUT2D eigenvalue weighted by atomic mass is 35.5. The van der Waals surface area contributed by atoms with Crippen LogP contribution in [0.2, 0.25) is 5.02 Å². The van der Waals surface area contributed by atoms with Crippen molar-refractivity contribution < 1.29 is 4.79 Å². The Morgan fingerprint density at radius 3 is 2.46 bits per heavy atom. The number of rotatable bonds is 5. The quantitative estimate of drug-likeness (QED) is 0.811. The topological polar surface area (TPSA) is 49.6 Å². The van der Waals surface area contributed by atoms with Gasteiger partial charge in [0.15, 0.2) is 0 Å². The van der Waals surface area contributed by atoms with Crippen LogP contribution in [-0.2, 0) is 12.0 Å². The molecule has 28 heavy (non-hydrogen) atoms. The van der Waals surface area contributed by atoms with Gasteiger partial charge < -0.3 is 15.5 Å². The van der Waals surface area contributed by atoms with Crippen molar-refractivity contribution in [3.05, 3.63) is 70.7 Å². The SMILES string of the molecule is NCC1(c2cccc(Cl)c2)CCC(N2CCN(Cc3ccccc3)C2=O)CC1. The Morgan fingerprint density at radius 2 is 1.79 bits per heavy atom. The number of nitrogens with two attached hydrogens (primary N) is 1. The van der Waals surface area contributed by atoms with Crippen molar-refractivity contribution in [1.82, 2.24) is 9.80 Å². The zero-order valence-electron chi connectivity index (χ0n) is 16.2. The van der Waals surface area contributed by atoms with Gasteiger partial charge in [0.2, 0.25) is 0 Å². The fourth-order valence-electron chi connectivity index (χ4n) is 4.79. The zero-order valence-corrected chi connectivity index (χ0v) is 16.9. The molecule has 2 N–H and O–H groups in total. The normalized spacial score (nSPS) is 25.4. The highest BCUT2D eigenvalue weighted by Crippen LogP contribution is 2.41. The summed E-state index contributed by atoms with van der Waals surface area (Å²) in [6.07, 6.45) is 3.98. The van der Waals surface area contributed by atoms with Crippen LogP contribution < -0.4 is 5.73 Å². The number of amides is 2. The van der Waals surface area contributed by atoms with Gasteiger partial charge in [0.25, 0.3) is 0 Å². The average Bonchev–Trinajstić information content (AvgIpc) is 3.09. The number of benzene rings is 2. The lowest BCUT2D eigenvalue weighted by Crippen LogP contribution is -2.46. The number of carbonyl (C=O) groups is 1. The molecule has 1 saturated carbocycles. The van der Waals surface area contributed by atoms with Gasteiger partial charge in [-0.2, -0.15) is 0 Å². The molecule has 0 radical (unpaired) electrons. The first-order valence-corrected chi connectivity index (χ1v) is 10.5. The molecule has 0 unspecified atom stereocenters. The van der Waals surface area contributed by atoms with E-state index in [1.54, 1.807) is 0 Å². The van der Waals surface area contributed by atoms with Gasteiger partial charge in [0, 0.05) is 42.7 Å². The van der Waals surface area contributed by atoms with E-state index in [-0.39, 0.29) is 11.4 Å². The van der Waals surface area contributed by atoms with Gasteiger partial charge in [0.05, 0.1) is 0 Å². The van der Waals surface area contributed by atoms with E-state index in [0.717, 1.165) is 43.8 Å². The number of carbonyl (C=O) groups excluding carboxylic acids is 1. The summed E-state index contributed by atoms with van der Waals surface area (Å²) >= 11 is 6.22. The van der Waals surface area contributed by atoms with Crippen LogP contribution in [0.15, 0.2) is 54.6 Å². The predicted molar refractivity (Wildman–Crippen MR) is 113 cm³/mol. The second-order valence-corrected chi connectivity index (χ2v) is 8.55. The molecule has 4 nitrogen and oxygen atoms in total. The second kappa shape index (κ2) is 8.14. The standard InChI is InChI=1S/C23H28ClN3O/c24-20-8-4-7-19(15-20)23(17-25)11-9-21(10-12-23)27-14-13-26(22(27)28)16-18-5-2-1-3-6-18/h1-8,15,21H,9-14,16-17,25H2. The fourth-order valence-corrected chi connectivity index (χ4v) is 4.98. The molecule has 2 aromatic rings. The van der Waals surface area contributed by atoms with Crippen molar-refractivity contribution in [1.29, 1.82) is 0 Å². The first kappa shape index (κ1) is 19.3. The third-order valence-corrected chi connectivity index (χ3v) is 6.76.